The molecule has 3 rings (SSSR count). The van der Waals surface area contributed by atoms with Gasteiger partial charge in [-0.15, -0.1) is 0 Å². The molecule has 34 heavy (non-hydrogen) atoms. The highest BCUT2D eigenvalue weighted by Gasteiger charge is 2.27. The first-order valence-corrected chi connectivity index (χ1v) is 10.3. The molecule has 0 fully saturated rings. The van der Waals surface area contributed by atoms with Crippen molar-refractivity contribution in [1.29, 1.82) is 0 Å². The van der Waals surface area contributed by atoms with E-state index >= 15 is 0 Å². The van der Waals surface area contributed by atoms with Crippen molar-refractivity contribution >= 4 is 29.2 Å². The lowest BCUT2D eigenvalue weighted by molar-refractivity contribution is -0.122. The van der Waals surface area contributed by atoms with Gasteiger partial charge in [0.1, 0.15) is 12.2 Å². The zero-order valence-electron chi connectivity index (χ0n) is 18.6. The third-order valence-corrected chi connectivity index (χ3v) is 4.83. The van der Waals surface area contributed by atoms with Crippen molar-refractivity contribution in [3.8, 4) is 11.3 Å². The molecule has 8 nitrogen and oxygen atoms in total. The maximum Gasteiger partial charge on any atom is 0.405 e. The summed E-state index contributed by atoms with van der Waals surface area (Å²) in [7, 11) is 0. The molecule has 0 radical (unpaired) electrons. The number of benzene rings is 1. The number of hydrogen-bond acceptors (Lipinski definition) is 5. The molecule has 0 unspecified atom stereocenters. The maximum absolute atomic E-state index is 12.3. The molecule has 0 aliphatic carbocycles. The van der Waals surface area contributed by atoms with Crippen LogP contribution in [0, 0.1) is 0 Å². The molecule has 0 aliphatic heterocycles. The minimum atomic E-state index is -4.49. The fourth-order valence-electron chi connectivity index (χ4n) is 2.98. The van der Waals surface area contributed by atoms with Crippen molar-refractivity contribution in [1.82, 2.24) is 14.7 Å². The summed E-state index contributed by atoms with van der Waals surface area (Å²) in [6, 6.07) is 9.39. The van der Waals surface area contributed by atoms with Gasteiger partial charge in [-0.2, -0.15) is 13.2 Å². The highest BCUT2D eigenvalue weighted by Crippen LogP contribution is 2.25. The van der Waals surface area contributed by atoms with Crippen LogP contribution in [0.4, 0.5) is 23.7 Å². The molecule has 2 heterocycles. The Bertz CT molecular complexity index is 1230. The van der Waals surface area contributed by atoms with E-state index in [1.807, 2.05) is 16.5 Å². The lowest BCUT2D eigenvalue weighted by atomic mass is 10.1. The number of nitrogens with two attached hydrogens (primary N) is 1. The Morgan fingerprint density at radius 3 is 2.71 bits per heavy atom. The lowest BCUT2D eigenvalue weighted by Crippen LogP contribution is -2.36. The first-order chi connectivity index (χ1) is 16.0. The van der Waals surface area contributed by atoms with Crippen LogP contribution in [-0.4, -0.2) is 51.6 Å². The second-order valence-electron chi connectivity index (χ2n) is 8.14. The quantitative estimate of drug-likeness (QED) is 0.390. The Morgan fingerprint density at radius 2 is 2.03 bits per heavy atom. The third-order valence-electron chi connectivity index (χ3n) is 4.83. The Hall–Kier alpha value is -3.86. The summed E-state index contributed by atoms with van der Waals surface area (Å²) in [6.45, 7) is 2.06. The fraction of sp³-hybridized carbons (Fsp3) is 0.261. The van der Waals surface area contributed by atoms with E-state index < -0.39 is 24.3 Å². The number of nitrogens with zero attached hydrogens (tertiary/aromatic N) is 3. The van der Waals surface area contributed by atoms with Crippen LogP contribution < -0.4 is 16.4 Å². The van der Waals surface area contributed by atoms with Crippen LogP contribution in [0.5, 0.6) is 0 Å². The predicted molar refractivity (Wildman–Crippen MR) is 126 cm³/mol. The van der Waals surface area contributed by atoms with E-state index in [0.717, 1.165) is 5.56 Å². The number of halogens is 3. The molecule has 0 bridgehead atoms. The van der Waals surface area contributed by atoms with Gasteiger partial charge in [-0.3, -0.25) is 9.39 Å². The topological polar surface area (TPSA) is 117 Å². The number of aliphatic hydroxyl groups excluding tert-OH is 1. The van der Waals surface area contributed by atoms with Gasteiger partial charge in [0.25, 0.3) is 0 Å². The Morgan fingerprint density at radius 1 is 1.26 bits per heavy atom. The van der Waals surface area contributed by atoms with E-state index in [2.05, 4.69) is 15.3 Å². The summed E-state index contributed by atoms with van der Waals surface area (Å²) in [6.07, 6.45) is 1.99. The number of alkyl halides is 3. The molecule has 0 saturated carbocycles. The van der Waals surface area contributed by atoms with Crippen molar-refractivity contribution in [2.24, 2.45) is 10.7 Å². The predicted octanol–water partition coefficient (Wildman–Crippen LogP) is 3.83. The van der Waals surface area contributed by atoms with Crippen LogP contribution in [0.15, 0.2) is 60.0 Å². The summed E-state index contributed by atoms with van der Waals surface area (Å²) < 4.78 is 38.7. The summed E-state index contributed by atoms with van der Waals surface area (Å²) in [5.41, 5.74) is 8.95. The fourth-order valence-corrected chi connectivity index (χ4v) is 2.98. The second kappa shape index (κ2) is 9.96. The lowest BCUT2D eigenvalue weighted by Gasteiger charge is -2.15. The van der Waals surface area contributed by atoms with Crippen LogP contribution in [0.25, 0.3) is 22.5 Å². The number of aliphatic hydroxyl groups is 1. The third kappa shape index (κ3) is 6.35. The van der Waals surface area contributed by atoms with E-state index in [4.69, 9.17) is 5.73 Å². The molecule has 0 saturated heterocycles. The van der Waals surface area contributed by atoms with Gasteiger partial charge in [-0.05, 0) is 43.7 Å². The van der Waals surface area contributed by atoms with Gasteiger partial charge >= 0.3 is 12.2 Å². The first-order valence-electron chi connectivity index (χ1n) is 10.3. The Kier molecular flexibility index (Phi) is 7.26. The van der Waals surface area contributed by atoms with E-state index in [9.17, 15) is 23.1 Å². The molecule has 3 aromatic rings. The Balaban J connectivity index is 1.83. The van der Waals surface area contributed by atoms with Gasteiger partial charge in [-0.1, -0.05) is 12.1 Å². The van der Waals surface area contributed by atoms with Crippen molar-refractivity contribution < 1.29 is 23.1 Å². The SMILES string of the molecule is CC(C)(CO)N=CC(=CN)c1ccn2c(-c3cccc(NC(=O)NCC(F)(F)F)c3)cnc2c1. The molecule has 5 N–H and O–H groups in total. The highest BCUT2D eigenvalue weighted by atomic mass is 19.4. The molecule has 0 atom stereocenters. The number of nitrogens with one attached hydrogen (secondary N) is 2. The van der Waals surface area contributed by atoms with E-state index in [-0.39, 0.29) is 6.61 Å². The molecular formula is C23H25F3N6O2. The molecule has 180 valence electrons. The van der Waals surface area contributed by atoms with Crippen LogP contribution in [0.3, 0.4) is 0 Å². The summed E-state index contributed by atoms with van der Waals surface area (Å²) in [5.74, 6) is 0. The van der Waals surface area contributed by atoms with Gasteiger partial charge < -0.3 is 21.5 Å². The largest absolute Gasteiger partial charge is 0.405 e. The molecule has 2 amide bonds. The zero-order valence-corrected chi connectivity index (χ0v) is 18.6. The molecule has 11 heteroatoms. The van der Waals surface area contributed by atoms with Crippen molar-refractivity contribution in [3.05, 3.63) is 60.6 Å². The van der Waals surface area contributed by atoms with Crippen molar-refractivity contribution in [2.75, 3.05) is 18.5 Å². The minimum absolute atomic E-state index is 0.109. The number of fused-ring (bicyclic) bond motifs is 1. The minimum Gasteiger partial charge on any atom is -0.404 e. The van der Waals surface area contributed by atoms with Gasteiger partial charge in [-0.25, -0.2) is 9.78 Å². The van der Waals surface area contributed by atoms with Crippen LogP contribution in [0.2, 0.25) is 0 Å². The molecule has 0 aliphatic rings. The highest BCUT2D eigenvalue weighted by molar-refractivity contribution is 6.10. The second-order valence-corrected chi connectivity index (χ2v) is 8.14. The van der Waals surface area contributed by atoms with Crippen LogP contribution in [-0.2, 0) is 0 Å². The van der Waals surface area contributed by atoms with Crippen LogP contribution >= 0.6 is 0 Å². The van der Waals surface area contributed by atoms with Crippen molar-refractivity contribution in [2.45, 2.75) is 25.6 Å². The number of anilines is 1. The average molecular weight is 474 g/mol. The first kappa shape index (κ1) is 24.8. The maximum atomic E-state index is 12.3. The number of imidazole rings is 1. The van der Waals surface area contributed by atoms with E-state index in [1.165, 1.54) is 6.20 Å². The molecule has 0 spiro atoms. The van der Waals surface area contributed by atoms with Gasteiger partial charge in [0.15, 0.2) is 0 Å². The van der Waals surface area contributed by atoms with E-state index in [0.29, 0.717) is 28.2 Å². The van der Waals surface area contributed by atoms with Gasteiger partial charge in [0, 0.05) is 35.4 Å². The Labute approximate surface area is 194 Å². The number of hydrogen-bond donors (Lipinski definition) is 4. The number of aromatic nitrogens is 2. The van der Waals surface area contributed by atoms with Crippen LogP contribution in [0.1, 0.15) is 19.4 Å². The smallest absolute Gasteiger partial charge is 0.404 e. The average Bonchev–Trinajstić information content (AvgIpc) is 3.21. The zero-order chi connectivity index (χ0) is 24.9. The standard InChI is InChI=1S/C23H25F3N6O2/c1-22(2,14-33)30-11-17(10-27)15-6-7-32-19(12-28-20(32)9-15)16-4-3-5-18(8-16)31-21(34)29-13-23(24,25)26/h3-12,33H,13-14,27H2,1-2H3,(H2,29,31,34). The summed E-state index contributed by atoms with van der Waals surface area (Å²) >= 11 is 0. The number of pyridine rings is 1. The van der Waals surface area contributed by atoms with Crippen molar-refractivity contribution in [3.63, 3.8) is 0 Å². The number of allylic oxidation sites excluding steroid dienone is 1. The number of rotatable bonds is 7. The summed E-state index contributed by atoms with van der Waals surface area (Å²) in [5, 5.41) is 13.5. The number of carbonyl (C=O) groups is 1. The number of carbonyl (C=O) groups excluding carboxylic acids is 1. The van der Waals surface area contributed by atoms with E-state index in [1.54, 1.807) is 62.0 Å². The molecular weight excluding hydrogens is 449 g/mol. The number of amides is 2. The summed E-state index contributed by atoms with van der Waals surface area (Å²) in [4.78, 5) is 20.5. The number of aliphatic imine (C=N–C) groups is 1. The number of urea groups is 1. The monoisotopic (exact) mass is 474 g/mol. The molecule has 2 aromatic heterocycles. The normalized spacial score (nSPS) is 12.9. The van der Waals surface area contributed by atoms with Gasteiger partial charge in [0.2, 0.25) is 0 Å². The molecule has 1 aromatic carbocycles. The van der Waals surface area contributed by atoms with Gasteiger partial charge in [0.05, 0.1) is 24.0 Å².